The molecule has 0 saturated carbocycles. The molecule has 2 heterocycles. The third-order valence-electron chi connectivity index (χ3n) is 2.13. The summed E-state index contributed by atoms with van der Waals surface area (Å²) in [6, 6.07) is 3.53. The van der Waals surface area contributed by atoms with Crippen LogP contribution >= 0.6 is 35.2 Å². The van der Waals surface area contributed by atoms with Gasteiger partial charge < -0.3 is 9.72 Å². The van der Waals surface area contributed by atoms with Crippen LogP contribution in [0.4, 0.5) is 0 Å². The normalized spacial score (nSPS) is 10.3. The Morgan fingerprint density at radius 1 is 1.67 bits per heavy atom. The number of carbonyl (C=O) groups is 1. The number of esters is 1. The molecule has 0 unspecified atom stereocenters. The van der Waals surface area contributed by atoms with Gasteiger partial charge in [0, 0.05) is 11.8 Å². The number of hydrogen-bond acceptors (Lipinski definition) is 5. The van der Waals surface area contributed by atoms with Gasteiger partial charge in [-0.15, -0.1) is 11.3 Å². The number of thiazole rings is 1. The molecule has 0 amide bonds. The van der Waals surface area contributed by atoms with E-state index in [4.69, 9.17) is 28.6 Å². The minimum atomic E-state index is -0.445. The minimum Gasteiger partial charge on any atom is -0.461 e. The van der Waals surface area contributed by atoms with E-state index in [0.29, 0.717) is 31.8 Å². The summed E-state index contributed by atoms with van der Waals surface area (Å²) in [4.78, 5) is 19.3. The van der Waals surface area contributed by atoms with Crippen molar-refractivity contribution in [3.63, 3.8) is 0 Å². The Kier molecular flexibility index (Phi) is 4.11. The summed E-state index contributed by atoms with van der Waals surface area (Å²) in [7, 11) is 0. The molecule has 4 nitrogen and oxygen atoms in total. The number of halogens is 1. The van der Waals surface area contributed by atoms with Gasteiger partial charge in [0.1, 0.15) is 10.8 Å². The van der Waals surface area contributed by atoms with Crippen molar-refractivity contribution in [3.8, 4) is 10.4 Å². The maximum Gasteiger partial charge on any atom is 0.356 e. The Morgan fingerprint density at radius 3 is 3.11 bits per heavy atom. The molecule has 0 aromatic carbocycles. The van der Waals surface area contributed by atoms with E-state index in [2.05, 4.69) is 9.97 Å². The van der Waals surface area contributed by atoms with Crippen LogP contribution in [0.2, 0.25) is 5.15 Å². The zero-order valence-corrected chi connectivity index (χ0v) is 11.8. The van der Waals surface area contributed by atoms with Crippen LogP contribution in [0.25, 0.3) is 10.4 Å². The second-order valence-electron chi connectivity index (χ2n) is 3.28. The first-order valence-electron chi connectivity index (χ1n) is 5.14. The average molecular weight is 301 g/mol. The number of ether oxygens (including phenoxy) is 1. The molecule has 1 N–H and O–H groups in total. The Hall–Kier alpha value is -1.24. The van der Waals surface area contributed by atoms with Crippen LogP contribution in [0.3, 0.4) is 0 Å². The highest BCUT2D eigenvalue weighted by molar-refractivity contribution is 7.73. The maximum atomic E-state index is 11.8. The van der Waals surface area contributed by atoms with Crippen LogP contribution in [0, 0.1) is 3.95 Å². The van der Waals surface area contributed by atoms with Gasteiger partial charge in [-0.1, -0.05) is 11.6 Å². The highest BCUT2D eigenvalue weighted by Crippen LogP contribution is 2.33. The zero-order valence-electron chi connectivity index (χ0n) is 9.40. The van der Waals surface area contributed by atoms with Crippen LogP contribution in [0.5, 0.6) is 0 Å². The fourth-order valence-electron chi connectivity index (χ4n) is 1.42. The monoisotopic (exact) mass is 300 g/mol. The van der Waals surface area contributed by atoms with Gasteiger partial charge in [-0.3, -0.25) is 0 Å². The molecule has 0 aliphatic rings. The second-order valence-corrected chi connectivity index (χ2v) is 5.33. The van der Waals surface area contributed by atoms with Gasteiger partial charge in [0.2, 0.25) is 0 Å². The predicted octanol–water partition coefficient (Wildman–Crippen LogP) is 3.70. The summed E-state index contributed by atoms with van der Waals surface area (Å²) < 4.78 is 5.46. The molecule has 0 saturated heterocycles. The molecule has 7 heteroatoms. The fraction of sp³-hybridized carbons (Fsp3) is 0.182. The van der Waals surface area contributed by atoms with Crippen molar-refractivity contribution < 1.29 is 9.53 Å². The Bertz CT molecular complexity index is 636. The molecule has 0 aliphatic carbocycles. The highest BCUT2D eigenvalue weighted by Gasteiger charge is 2.19. The van der Waals surface area contributed by atoms with Gasteiger partial charge in [-0.25, -0.2) is 9.78 Å². The van der Waals surface area contributed by atoms with E-state index >= 15 is 0 Å². The predicted molar refractivity (Wildman–Crippen MR) is 73.7 cm³/mol. The van der Waals surface area contributed by atoms with Crippen molar-refractivity contribution in [1.29, 1.82) is 0 Å². The fourth-order valence-corrected chi connectivity index (χ4v) is 2.89. The number of nitrogens with one attached hydrogen (secondary N) is 1. The van der Waals surface area contributed by atoms with E-state index in [0.717, 1.165) is 0 Å². The van der Waals surface area contributed by atoms with Crippen LogP contribution < -0.4 is 0 Å². The molecule has 0 atom stereocenters. The van der Waals surface area contributed by atoms with Gasteiger partial charge in [0.15, 0.2) is 3.95 Å². The third-order valence-corrected chi connectivity index (χ3v) is 3.70. The van der Waals surface area contributed by atoms with Crippen molar-refractivity contribution in [1.82, 2.24) is 9.97 Å². The first-order valence-corrected chi connectivity index (χ1v) is 6.75. The summed E-state index contributed by atoms with van der Waals surface area (Å²) in [5, 5.41) is 0.327. The largest absolute Gasteiger partial charge is 0.461 e. The third kappa shape index (κ3) is 2.60. The number of nitrogens with zero attached hydrogens (tertiary/aromatic N) is 1. The molecule has 2 rings (SSSR count). The van der Waals surface area contributed by atoms with Crippen molar-refractivity contribution >= 4 is 41.1 Å². The van der Waals surface area contributed by atoms with Gasteiger partial charge in [0.05, 0.1) is 11.5 Å². The standard InChI is InChI=1S/C11H9ClN2O2S2/c1-2-16-10(15)7-8(18-11(17)14-7)6-4-3-5-13-9(6)12/h3-5H,2H2,1H3,(H,14,17). The van der Waals surface area contributed by atoms with Crippen LogP contribution in [0.15, 0.2) is 18.3 Å². The lowest BCUT2D eigenvalue weighted by molar-refractivity contribution is 0.0521. The molecule has 2 aromatic heterocycles. The quantitative estimate of drug-likeness (QED) is 0.533. The van der Waals surface area contributed by atoms with Crippen LogP contribution in [-0.2, 0) is 4.74 Å². The number of pyridine rings is 1. The smallest absolute Gasteiger partial charge is 0.356 e. The molecular weight excluding hydrogens is 292 g/mol. The van der Waals surface area contributed by atoms with Crippen LogP contribution in [-0.4, -0.2) is 22.5 Å². The second kappa shape index (κ2) is 5.60. The van der Waals surface area contributed by atoms with Crippen molar-refractivity contribution in [2.45, 2.75) is 6.92 Å². The maximum absolute atomic E-state index is 11.8. The first kappa shape index (κ1) is 13.2. The number of aromatic amines is 1. The first-order chi connectivity index (χ1) is 8.63. The van der Waals surface area contributed by atoms with E-state index in [9.17, 15) is 4.79 Å². The number of aromatic nitrogens is 2. The number of hydrogen-bond donors (Lipinski definition) is 1. The van der Waals surface area contributed by atoms with E-state index < -0.39 is 5.97 Å². The number of carbonyl (C=O) groups excluding carboxylic acids is 1. The highest BCUT2D eigenvalue weighted by atomic mass is 35.5. The molecule has 0 aliphatic heterocycles. The summed E-state index contributed by atoms with van der Waals surface area (Å²) in [6.45, 7) is 2.05. The Balaban J connectivity index is 2.55. The molecule has 0 radical (unpaired) electrons. The Labute approximate surface area is 118 Å². The molecule has 0 fully saturated rings. The topological polar surface area (TPSA) is 55.0 Å². The minimum absolute atomic E-state index is 0.301. The summed E-state index contributed by atoms with van der Waals surface area (Å²) in [5.74, 6) is -0.445. The Morgan fingerprint density at radius 2 is 2.44 bits per heavy atom. The van der Waals surface area contributed by atoms with Crippen molar-refractivity contribution in [2.24, 2.45) is 0 Å². The average Bonchev–Trinajstić information content (AvgIpc) is 2.72. The molecule has 0 bridgehead atoms. The molecule has 18 heavy (non-hydrogen) atoms. The molecule has 94 valence electrons. The summed E-state index contributed by atoms with van der Waals surface area (Å²) in [6.07, 6.45) is 1.59. The van der Waals surface area contributed by atoms with E-state index in [-0.39, 0.29) is 0 Å². The van der Waals surface area contributed by atoms with Crippen molar-refractivity contribution in [3.05, 3.63) is 33.1 Å². The van der Waals surface area contributed by atoms with Crippen molar-refractivity contribution in [2.75, 3.05) is 6.61 Å². The van der Waals surface area contributed by atoms with Gasteiger partial charge in [0.25, 0.3) is 0 Å². The lowest BCUT2D eigenvalue weighted by atomic mass is 10.2. The summed E-state index contributed by atoms with van der Waals surface area (Å²) >= 11 is 12.3. The molecular formula is C11H9ClN2O2S2. The van der Waals surface area contributed by atoms with Gasteiger partial charge in [-0.2, -0.15) is 0 Å². The number of rotatable bonds is 3. The molecule has 2 aromatic rings. The van der Waals surface area contributed by atoms with E-state index in [1.165, 1.54) is 11.3 Å². The van der Waals surface area contributed by atoms with E-state index in [1.807, 2.05) is 0 Å². The van der Waals surface area contributed by atoms with E-state index in [1.54, 1.807) is 25.3 Å². The SMILES string of the molecule is CCOC(=O)c1[nH]c(=S)sc1-c1cccnc1Cl. The lowest BCUT2D eigenvalue weighted by Gasteiger charge is -2.04. The lowest BCUT2D eigenvalue weighted by Crippen LogP contribution is -2.06. The number of H-pyrrole nitrogens is 1. The summed E-state index contributed by atoms with van der Waals surface area (Å²) in [5.41, 5.74) is 0.987. The van der Waals surface area contributed by atoms with Gasteiger partial charge in [-0.05, 0) is 31.3 Å². The zero-order chi connectivity index (χ0) is 13.1. The van der Waals surface area contributed by atoms with Crippen LogP contribution in [0.1, 0.15) is 17.4 Å². The van der Waals surface area contributed by atoms with Gasteiger partial charge >= 0.3 is 5.97 Å². The molecule has 0 spiro atoms.